The Bertz CT molecular complexity index is 798. The van der Waals surface area contributed by atoms with Crippen molar-refractivity contribution in [2.45, 2.75) is 0 Å². The van der Waals surface area contributed by atoms with Gasteiger partial charge in [-0.15, -0.1) is 0 Å². The Morgan fingerprint density at radius 1 is 1.00 bits per heavy atom. The standard InChI is InChI=1S/C17H14N4O.2H2/c18-16-15(17(22)20-13-9-5-2-6-10-13)21-14(11-19-16)12-7-3-1-4-8-12;;/h1-11H,(H2,18,19)(H,20,22);2*1H. The number of nitrogen functional groups attached to an aromatic ring is 1. The Hall–Kier alpha value is -3.21. The molecule has 0 bridgehead atoms. The Kier molecular flexibility index (Phi) is 3.78. The van der Waals surface area contributed by atoms with Gasteiger partial charge in [0.1, 0.15) is 0 Å². The van der Waals surface area contributed by atoms with Crippen LogP contribution in [0.15, 0.2) is 66.9 Å². The first-order chi connectivity index (χ1) is 10.7. The van der Waals surface area contributed by atoms with Gasteiger partial charge in [0.05, 0.1) is 11.9 Å². The number of hydrogen-bond donors (Lipinski definition) is 2. The Balaban J connectivity index is 0.00000144. The summed E-state index contributed by atoms with van der Waals surface area (Å²) in [5.74, 6) is -0.276. The normalized spacial score (nSPS) is 10.2. The van der Waals surface area contributed by atoms with Gasteiger partial charge in [0, 0.05) is 14.1 Å². The zero-order chi connectivity index (χ0) is 15.4. The number of carbonyl (C=O) groups is 1. The van der Waals surface area contributed by atoms with E-state index in [9.17, 15) is 4.79 Å². The third-order valence-corrected chi connectivity index (χ3v) is 3.12. The van der Waals surface area contributed by atoms with Crippen LogP contribution in [0.25, 0.3) is 11.3 Å². The molecule has 0 saturated carbocycles. The number of rotatable bonds is 3. The van der Waals surface area contributed by atoms with Crippen LogP contribution < -0.4 is 11.1 Å². The monoisotopic (exact) mass is 294 g/mol. The lowest BCUT2D eigenvalue weighted by Crippen LogP contribution is -2.17. The topological polar surface area (TPSA) is 80.9 Å². The van der Waals surface area contributed by atoms with Crippen molar-refractivity contribution in [1.29, 1.82) is 0 Å². The van der Waals surface area contributed by atoms with Crippen molar-refractivity contribution in [3.05, 3.63) is 72.6 Å². The number of anilines is 2. The van der Waals surface area contributed by atoms with Gasteiger partial charge in [-0.05, 0) is 12.1 Å². The van der Waals surface area contributed by atoms with Crippen LogP contribution >= 0.6 is 0 Å². The fourth-order valence-electron chi connectivity index (χ4n) is 2.03. The van der Waals surface area contributed by atoms with Gasteiger partial charge in [-0.1, -0.05) is 48.5 Å². The summed E-state index contributed by atoms with van der Waals surface area (Å²) in [5, 5.41) is 2.76. The maximum Gasteiger partial charge on any atom is 0.278 e. The molecule has 0 aliphatic heterocycles. The minimum Gasteiger partial charge on any atom is -0.382 e. The van der Waals surface area contributed by atoms with E-state index >= 15 is 0 Å². The van der Waals surface area contributed by atoms with E-state index in [1.54, 1.807) is 18.3 Å². The smallest absolute Gasteiger partial charge is 0.278 e. The number of amides is 1. The molecule has 0 saturated heterocycles. The van der Waals surface area contributed by atoms with Crippen LogP contribution in [0.4, 0.5) is 11.5 Å². The van der Waals surface area contributed by atoms with Crippen molar-refractivity contribution < 1.29 is 7.65 Å². The molecule has 0 fully saturated rings. The minimum absolute atomic E-state index is 0. The molecule has 1 aromatic heterocycles. The van der Waals surface area contributed by atoms with E-state index in [-0.39, 0.29) is 20.3 Å². The zero-order valence-corrected chi connectivity index (χ0v) is 11.7. The van der Waals surface area contributed by atoms with Crippen LogP contribution in [-0.4, -0.2) is 15.9 Å². The second-order valence-corrected chi connectivity index (χ2v) is 4.68. The average Bonchev–Trinajstić information content (AvgIpc) is 2.57. The van der Waals surface area contributed by atoms with Gasteiger partial charge in [0.2, 0.25) is 0 Å². The molecule has 0 spiro atoms. The number of aromatic nitrogens is 2. The molecule has 22 heavy (non-hydrogen) atoms. The zero-order valence-electron chi connectivity index (χ0n) is 11.7. The van der Waals surface area contributed by atoms with Crippen molar-refractivity contribution >= 4 is 17.4 Å². The summed E-state index contributed by atoms with van der Waals surface area (Å²) in [6, 6.07) is 18.7. The predicted octanol–water partition coefficient (Wildman–Crippen LogP) is 3.47. The van der Waals surface area contributed by atoms with E-state index in [2.05, 4.69) is 15.3 Å². The molecule has 0 aliphatic rings. The number of para-hydroxylation sites is 1. The molecule has 1 amide bonds. The predicted molar refractivity (Wildman–Crippen MR) is 90.5 cm³/mol. The molecule has 0 unspecified atom stereocenters. The molecule has 5 nitrogen and oxygen atoms in total. The van der Waals surface area contributed by atoms with E-state index in [4.69, 9.17) is 5.73 Å². The summed E-state index contributed by atoms with van der Waals surface area (Å²) < 4.78 is 0. The van der Waals surface area contributed by atoms with Gasteiger partial charge in [0.25, 0.3) is 5.91 Å². The molecule has 112 valence electrons. The van der Waals surface area contributed by atoms with E-state index in [0.717, 1.165) is 5.56 Å². The highest BCUT2D eigenvalue weighted by molar-refractivity contribution is 6.05. The van der Waals surface area contributed by atoms with Gasteiger partial charge >= 0.3 is 0 Å². The number of nitrogens with two attached hydrogens (primary N) is 1. The first-order valence-electron chi connectivity index (χ1n) is 6.78. The van der Waals surface area contributed by atoms with Crippen LogP contribution in [0.3, 0.4) is 0 Å². The van der Waals surface area contributed by atoms with Crippen molar-refractivity contribution in [3.8, 4) is 11.3 Å². The van der Waals surface area contributed by atoms with Crippen LogP contribution in [0.1, 0.15) is 13.3 Å². The molecule has 0 aliphatic carbocycles. The SMILES string of the molecule is Nc1ncc(-c2ccccc2)nc1C(=O)Nc1ccccc1.[HH].[HH]. The van der Waals surface area contributed by atoms with Crippen molar-refractivity contribution in [2.75, 3.05) is 11.1 Å². The molecule has 0 atom stereocenters. The highest BCUT2D eigenvalue weighted by Crippen LogP contribution is 2.18. The Morgan fingerprint density at radius 3 is 2.32 bits per heavy atom. The second kappa shape index (κ2) is 6.05. The molecule has 2 aromatic carbocycles. The van der Waals surface area contributed by atoms with Gasteiger partial charge in [-0.3, -0.25) is 4.79 Å². The summed E-state index contributed by atoms with van der Waals surface area (Å²) >= 11 is 0. The summed E-state index contributed by atoms with van der Waals surface area (Å²) in [5.41, 5.74) is 8.07. The Morgan fingerprint density at radius 2 is 1.64 bits per heavy atom. The fraction of sp³-hybridized carbons (Fsp3) is 0. The highest BCUT2D eigenvalue weighted by Gasteiger charge is 2.14. The number of benzene rings is 2. The van der Waals surface area contributed by atoms with E-state index in [1.165, 1.54) is 0 Å². The lowest BCUT2D eigenvalue weighted by atomic mass is 10.1. The van der Waals surface area contributed by atoms with Crippen molar-refractivity contribution in [1.82, 2.24) is 9.97 Å². The van der Waals surface area contributed by atoms with Gasteiger partial charge in [-0.25, -0.2) is 9.97 Å². The summed E-state index contributed by atoms with van der Waals surface area (Å²) in [6.07, 6.45) is 1.56. The lowest BCUT2D eigenvalue weighted by molar-refractivity contribution is 0.102. The molecule has 1 heterocycles. The third-order valence-electron chi connectivity index (χ3n) is 3.12. The van der Waals surface area contributed by atoms with Crippen LogP contribution in [0.2, 0.25) is 0 Å². The fourth-order valence-corrected chi connectivity index (χ4v) is 2.03. The number of carbonyl (C=O) groups excluding carboxylic acids is 1. The lowest BCUT2D eigenvalue weighted by Gasteiger charge is -2.08. The molecular weight excluding hydrogens is 276 g/mol. The number of nitrogens with zero attached hydrogens (tertiary/aromatic N) is 2. The molecule has 5 heteroatoms. The van der Waals surface area contributed by atoms with Crippen LogP contribution in [0.5, 0.6) is 0 Å². The molecule has 3 N–H and O–H groups in total. The van der Waals surface area contributed by atoms with Gasteiger partial charge in [-0.2, -0.15) is 0 Å². The highest BCUT2D eigenvalue weighted by atomic mass is 16.1. The first-order valence-corrected chi connectivity index (χ1v) is 6.78. The van der Waals surface area contributed by atoms with Crippen molar-refractivity contribution in [2.24, 2.45) is 0 Å². The Labute approximate surface area is 130 Å². The average molecular weight is 294 g/mol. The number of nitrogens with one attached hydrogen (secondary N) is 1. The summed E-state index contributed by atoms with van der Waals surface area (Å²) in [4.78, 5) is 20.7. The summed E-state index contributed by atoms with van der Waals surface area (Å²) in [6.45, 7) is 0. The largest absolute Gasteiger partial charge is 0.382 e. The summed E-state index contributed by atoms with van der Waals surface area (Å²) in [7, 11) is 0. The van der Waals surface area contributed by atoms with E-state index in [0.29, 0.717) is 11.4 Å². The third kappa shape index (κ3) is 2.93. The maximum atomic E-state index is 12.3. The maximum absolute atomic E-state index is 12.3. The van der Waals surface area contributed by atoms with Crippen molar-refractivity contribution in [3.63, 3.8) is 0 Å². The second-order valence-electron chi connectivity index (χ2n) is 4.68. The molecule has 3 aromatic rings. The first kappa shape index (κ1) is 13.8. The minimum atomic E-state index is -0.381. The quantitative estimate of drug-likeness (QED) is 0.775. The van der Waals surface area contributed by atoms with Crippen LogP contribution in [0, 0.1) is 0 Å². The molecular formula is C17H18N4O. The van der Waals surface area contributed by atoms with Gasteiger partial charge < -0.3 is 11.1 Å². The van der Waals surface area contributed by atoms with Gasteiger partial charge in [0.15, 0.2) is 11.5 Å². The van der Waals surface area contributed by atoms with E-state index in [1.807, 2.05) is 48.5 Å². The van der Waals surface area contributed by atoms with E-state index < -0.39 is 0 Å². The number of hydrogen-bond acceptors (Lipinski definition) is 4. The molecule has 0 radical (unpaired) electrons. The van der Waals surface area contributed by atoms with Crippen LogP contribution in [-0.2, 0) is 0 Å². The molecule has 3 rings (SSSR count).